The van der Waals surface area contributed by atoms with E-state index in [0.717, 1.165) is 12.0 Å². The van der Waals surface area contributed by atoms with Crippen molar-refractivity contribution < 1.29 is 17.9 Å². The Bertz CT molecular complexity index is 1270. The van der Waals surface area contributed by atoms with Gasteiger partial charge in [0.25, 0.3) is 5.91 Å². The van der Waals surface area contributed by atoms with Crippen molar-refractivity contribution in [3.63, 3.8) is 0 Å². The molecule has 0 aromatic heterocycles. The molecule has 1 amide bonds. The van der Waals surface area contributed by atoms with Crippen LogP contribution in [0.15, 0.2) is 77.7 Å². The smallest absolute Gasteiger partial charge is 0.261 e. The molecule has 0 fully saturated rings. The van der Waals surface area contributed by atoms with Gasteiger partial charge in [0, 0.05) is 17.7 Å². The number of primary sulfonamides is 1. The van der Waals surface area contributed by atoms with Crippen molar-refractivity contribution in [3.8, 4) is 16.9 Å². The zero-order valence-corrected chi connectivity index (χ0v) is 19.6. The Morgan fingerprint density at radius 2 is 1.76 bits per heavy atom. The number of benzene rings is 3. The van der Waals surface area contributed by atoms with Crippen molar-refractivity contribution >= 4 is 21.8 Å². The number of rotatable bonds is 10. The Balaban J connectivity index is 1.68. The molecule has 8 nitrogen and oxygen atoms in total. The number of carbonyl (C=O) groups excluding carboxylic acids is 1. The zero-order chi connectivity index (χ0) is 24.7. The molecule has 6 N–H and O–H groups in total. The Kier molecular flexibility index (Phi) is 8.04. The molecule has 34 heavy (non-hydrogen) atoms. The van der Waals surface area contributed by atoms with Crippen LogP contribution in [0.1, 0.15) is 30.9 Å². The second-order valence-electron chi connectivity index (χ2n) is 7.79. The highest BCUT2D eigenvalue weighted by molar-refractivity contribution is 7.89. The van der Waals surface area contributed by atoms with Crippen LogP contribution < -0.4 is 20.9 Å². The number of hydrogen-bond acceptors (Lipinski definition) is 5. The van der Waals surface area contributed by atoms with Gasteiger partial charge in [-0.15, -0.1) is 0 Å². The molecule has 3 aromatic carbocycles. The van der Waals surface area contributed by atoms with Crippen molar-refractivity contribution in [2.24, 2.45) is 10.9 Å². The molecule has 0 aliphatic heterocycles. The van der Waals surface area contributed by atoms with Gasteiger partial charge in [-0.1, -0.05) is 67.9 Å². The van der Waals surface area contributed by atoms with Gasteiger partial charge in [0.05, 0.1) is 4.90 Å². The van der Waals surface area contributed by atoms with Crippen LogP contribution in [0.25, 0.3) is 11.1 Å². The van der Waals surface area contributed by atoms with E-state index in [-0.39, 0.29) is 23.2 Å². The summed E-state index contributed by atoms with van der Waals surface area (Å²) in [4.78, 5) is 12.8. The molecule has 0 saturated heterocycles. The van der Waals surface area contributed by atoms with E-state index in [0.29, 0.717) is 28.9 Å². The first-order valence-electron chi connectivity index (χ1n) is 10.8. The Labute approximate surface area is 199 Å². The number of sulfonamides is 1. The molecule has 0 radical (unpaired) electrons. The van der Waals surface area contributed by atoms with E-state index in [1.807, 2.05) is 19.1 Å². The third kappa shape index (κ3) is 6.43. The highest BCUT2D eigenvalue weighted by Crippen LogP contribution is 2.26. The summed E-state index contributed by atoms with van der Waals surface area (Å²) >= 11 is 0. The molecule has 9 heteroatoms. The van der Waals surface area contributed by atoms with E-state index in [9.17, 15) is 13.2 Å². The first-order valence-corrected chi connectivity index (χ1v) is 12.3. The van der Waals surface area contributed by atoms with Gasteiger partial charge >= 0.3 is 0 Å². The molecule has 0 aliphatic carbocycles. The lowest BCUT2D eigenvalue weighted by Crippen LogP contribution is -2.38. The van der Waals surface area contributed by atoms with Crippen LogP contribution in [0.5, 0.6) is 5.75 Å². The van der Waals surface area contributed by atoms with E-state index in [4.69, 9.17) is 21.0 Å². The molecular formula is C25H28N4O4S. The predicted molar refractivity (Wildman–Crippen MR) is 132 cm³/mol. The lowest BCUT2D eigenvalue weighted by Gasteiger charge is -2.19. The highest BCUT2D eigenvalue weighted by atomic mass is 32.2. The van der Waals surface area contributed by atoms with Gasteiger partial charge in [0.2, 0.25) is 10.0 Å². The molecule has 1 atom stereocenters. The standard InChI is InChI=1S/C25H28N4O4S/c1-2-6-22(33-20-8-5-7-19(15-20)24(26)27)25(30)29-16-17-11-13-18(14-12-17)21-9-3-4-10-23(21)34(28,31)32/h3-5,7-15,22H,2,6,16H2,1H3,(H3,26,27)(H,29,30)(H2,28,31,32). The van der Waals surface area contributed by atoms with Crippen LogP contribution in [0.2, 0.25) is 0 Å². The lowest BCUT2D eigenvalue weighted by atomic mass is 10.0. The second kappa shape index (κ2) is 11.0. The number of hydrogen-bond donors (Lipinski definition) is 4. The number of nitrogens with two attached hydrogens (primary N) is 2. The number of nitrogens with one attached hydrogen (secondary N) is 2. The quantitative estimate of drug-likeness (QED) is 0.260. The topological polar surface area (TPSA) is 148 Å². The summed E-state index contributed by atoms with van der Waals surface area (Å²) < 4.78 is 29.6. The van der Waals surface area contributed by atoms with E-state index in [1.54, 1.807) is 54.6 Å². The fourth-order valence-corrected chi connectivity index (χ4v) is 4.23. The molecule has 3 rings (SSSR count). The number of ether oxygens (including phenoxy) is 1. The van der Waals surface area contributed by atoms with Gasteiger partial charge < -0.3 is 15.8 Å². The van der Waals surface area contributed by atoms with Gasteiger partial charge in [0.1, 0.15) is 11.6 Å². The molecule has 0 bridgehead atoms. The molecule has 0 spiro atoms. The normalized spacial score (nSPS) is 12.1. The summed E-state index contributed by atoms with van der Waals surface area (Å²) in [6.07, 6.45) is 0.593. The highest BCUT2D eigenvalue weighted by Gasteiger charge is 2.20. The zero-order valence-electron chi connectivity index (χ0n) is 18.8. The van der Waals surface area contributed by atoms with Crippen molar-refractivity contribution in [1.29, 1.82) is 5.41 Å². The van der Waals surface area contributed by atoms with Gasteiger partial charge in [-0.3, -0.25) is 10.2 Å². The fourth-order valence-electron chi connectivity index (χ4n) is 3.47. The van der Waals surface area contributed by atoms with Gasteiger partial charge in [-0.05, 0) is 35.7 Å². The van der Waals surface area contributed by atoms with Crippen molar-refractivity contribution in [2.45, 2.75) is 37.3 Å². The van der Waals surface area contributed by atoms with Gasteiger partial charge in [0.15, 0.2) is 6.10 Å². The Morgan fingerprint density at radius 3 is 2.41 bits per heavy atom. The Morgan fingerprint density at radius 1 is 1.06 bits per heavy atom. The average Bonchev–Trinajstić information content (AvgIpc) is 2.82. The van der Waals surface area contributed by atoms with Crippen molar-refractivity contribution in [2.75, 3.05) is 0 Å². The second-order valence-corrected chi connectivity index (χ2v) is 9.32. The summed E-state index contributed by atoms with van der Waals surface area (Å²) in [5.74, 6) is 0.148. The summed E-state index contributed by atoms with van der Waals surface area (Å²) in [6.45, 7) is 2.25. The predicted octanol–water partition coefficient (Wildman–Crippen LogP) is 3.15. The monoisotopic (exact) mass is 480 g/mol. The number of amides is 1. The van der Waals surface area contributed by atoms with Crippen LogP contribution in [0.4, 0.5) is 0 Å². The first-order chi connectivity index (χ1) is 16.2. The lowest BCUT2D eigenvalue weighted by molar-refractivity contribution is -0.128. The van der Waals surface area contributed by atoms with Gasteiger partial charge in [-0.2, -0.15) is 0 Å². The molecule has 178 valence electrons. The average molecular weight is 481 g/mol. The maximum absolute atomic E-state index is 12.8. The third-order valence-electron chi connectivity index (χ3n) is 5.19. The SMILES string of the molecule is CCCC(Oc1cccc(C(=N)N)c1)C(=O)NCc1ccc(-c2ccccc2S(N)(=O)=O)cc1. The summed E-state index contributed by atoms with van der Waals surface area (Å²) in [5.41, 5.74) is 8.13. The molecule has 0 aliphatic rings. The first kappa shape index (κ1) is 24.9. The molecule has 0 saturated carbocycles. The summed E-state index contributed by atoms with van der Waals surface area (Å²) in [7, 11) is -3.85. The minimum atomic E-state index is -3.85. The minimum absolute atomic E-state index is 0.0597. The van der Waals surface area contributed by atoms with Crippen LogP contribution in [0, 0.1) is 5.41 Å². The third-order valence-corrected chi connectivity index (χ3v) is 6.16. The van der Waals surface area contributed by atoms with Crippen LogP contribution in [0.3, 0.4) is 0 Å². The van der Waals surface area contributed by atoms with Crippen molar-refractivity contribution in [1.82, 2.24) is 5.32 Å². The van der Waals surface area contributed by atoms with E-state index >= 15 is 0 Å². The minimum Gasteiger partial charge on any atom is -0.481 e. The largest absolute Gasteiger partial charge is 0.481 e. The van der Waals surface area contributed by atoms with Crippen LogP contribution in [-0.2, 0) is 21.4 Å². The van der Waals surface area contributed by atoms with Gasteiger partial charge in [-0.25, -0.2) is 13.6 Å². The number of nitrogen functional groups attached to an aromatic ring is 1. The fraction of sp³-hybridized carbons (Fsp3) is 0.200. The van der Waals surface area contributed by atoms with E-state index in [2.05, 4.69) is 5.32 Å². The molecule has 3 aromatic rings. The van der Waals surface area contributed by atoms with Crippen LogP contribution >= 0.6 is 0 Å². The van der Waals surface area contributed by atoms with E-state index in [1.165, 1.54) is 6.07 Å². The number of carbonyl (C=O) groups is 1. The summed E-state index contributed by atoms with van der Waals surface area (Å²) in [6, 6.07) is 20.6. The maximum Gasteiger partial charge on any atom is 0.261 e. The van der Waals surface area contributed by atoms with Crippen LogP contribution in [-0.4, -0.2) is 26.3 Å². The van der Waals surface area contributed by atoms with Crippen molar-refractivity contribution in [3.05, 3.63) is 83.9 Å². The Hall–Kier alpha value is -3.69. The van der Waals surface area contributed by atoms with E-state index < -0.39 is 16.1 Å². The summed E-state index contributed by atoms with van der Waals surface area (Å²) in [5, 5.41) is 15.8. The molecular weight excluding hydrogens is 452 g/mol. The maximum atomic E-state index is 12.8. The molecule has 0 heterocycles. The molecule has 1 unspecified atom stereocenters. The number of amidine groups is 1.